The molecule has 0 spiro atoms. The Labute approximate surface area is 123 Å². The summed E-state index contributed by atoms with van der Waals surface area (Å²) in [4.78, 5) is 0. The molecule has 0 amide bonds. The third-order valence-corrected chi connectivity index (χ3v) is 3.72. The van der Waals surface area contributed by atoms with E-state index in [4.69, 9.17) is 17.4 Å². The van der Waals surface area contributed by atoms with Gasteiger partial charge in [0.05, 0.1) is 0 Å². The molecule has 2 aromatic rings. The molecule has 0 fully saturated rings. The third-order valence-electron chi connectivity index (χ3n) is 3.38. The Morgan fingerprint density at radius 3 is 2.55 bits per heavy atom. The van der Waals surface area contributed by atoms with Gasteiger partial charge in [0, 0.05) is 11.1 Å². The highest BCUT2D eigenvalue weighted by molar-refractivity contribution is 6.31. The molecule has 0 heterocycles. The van der Waals surface area contributed by atoms with E-state index < -0.39 is 0 Å². The molecular formula is C16H18ClFN2. The van der Waals surface area contributed by atoms with Crippen molar-refractivity contribution >= 4 is 11.6 Å². The Morgan fingerprint density at radius 2 is 1.90 bits per heavy atom. The number of benzene rings is 2. The molecule has 2 aromatic carbocycles. The van der Waals surface area contributed by atoms with Crippen molar-refractivity contribution in [3.63, 3.8) is 0 Å². The van der Waals surface area contributed by atoms with Crippen LogP contribution in [0.2, 0.25) is 5.02 Å². The van der Waals surface area contributed by atoms with Gasteiger partial charge in [-0.15, -0.1) is 0 Å². The fourth-order valence-electron chi connectivity index (χ4n) is 2.18. The molecule has 0 radical (unpaired) electrons. The van der Waals surface area contributed by atoms with E-state index >= 15 is 0 Å². The maximum Gasteiger partial charge on any atom is 0.123 e. The van der Waals surface area contributed by atoms with Crippen molar-refractivity contribution in [2.24, 2.45) is 5.84 Å². The van der Waals surface area contributed by atoms with Gasteiger partial charge in [-0.05, 0) is 49.1 Å². The van der Waals surface area contributed by atoms with Gasteiger partial charge in [0.25, 0.3) is 0 Å². The van der Waals surface area contributed by atoms with Crippen molar-refractivity contribution in [1.29, 1.82) is 0 Å². The van der Waals surface area contributed by atoms with Crippen LogP contribution < -0.4 is 11.3 Å². The molecule has 2 nitrogen and oxygen atoms in total. The van der Waals surface area contributed by atoms with Gasteiger partial charge in [0.1, 0.15) is 5.82 Å². The number of aryl methyl sites for hydroxylation is 2. The molecular weight excluding hydrogens is 275 g/mol. The SMILES string of the molecule is Cc1ccc(CCC(NN)c2cc(F)ccc2Cl)cc1. The Kier molecular flexibility index (Phi) is 5.12. The van der Waals surface area contributed by atoms with E-state index in [1.165, 1.54) is 23.3 Å². The van der Waals surface area contributed by atoms with Crippen LogP contribution in [0.25, 0.3) is 0 Å². The van der Waals surface area contributed by atoms with Crippen LogP contribution in [0.15, 0.2) is 42.5 Å². The number of halogens is 2. The molecule has 2 rings (SSSR count). The highest BCUT2D eigenvalue weighted by atomic mass is 35.5. The standard InChI is InChI=1S/C16H18ClFN2/c1-11-2-4-12(5-3-11)6-9-16(20-19)14-10-13(18)7-8-15(14)17/h2-5,7-8,10,16,20H,6,9,19H2,1H3. The maximum absolute atomic E-state index is 13.3. The summed E-state index contributed by atoms with van der Waals surface area (Å²) < 4.78 is 13.3. The van der Waals surface area contributed by atoms with Crippen molar-refractivity contribution in [2.75, 3.05) is 0 Å². The molecule has 4 heteroatoms. The van der Waals surface area contributed by atoms with Gasteiger partial charge >= 0.3 is 0 Å². The molecule has 0 saturated carbocycles. The van der Waals surface area contributed by atoms with Gasteiger partial charge in [-0.1, -0.05) is 41.4 Å². The number of nitrogens with one attached hydrogen (secondary N) is 1. The zero-order chi connectivity index (χ0) is 14.5. The third kappa shape index (κ3) is 3.79. The van der Waals surface area contributed by atoms with Crippen molar-refractivity contribution in [2.45, 2.75) is 25.8 Å². The average molecular weight is 293 g/mol. The lowest BCUT2D eigenvalue weighted by molar-refractivity contribution is 0.512. The summed E-state index contributed by atoms with van der Waals surface area (Å²) in [7, 11) is 0. The van der Waals surface area contributed by atoms with E-state index in [0.29, 0.717) is 10.6 Å². The number of hydrogen-bond acceptors (Lipinski definition) is 2. The maximum atomic E-state index is 13.3. The summed E-state index contributed by atoms with van der Waals surface area (Å²) in [6.45, 7) is 2.06. The summed E-state index contributed by atoms with van der Waals surface area (Å²) in [6.07, 6.45) is 1.60. The number of hydrogen-bond donors (Lipinski definition) is 2. The van der Waals surface area contributed by atoms with E-state index in [9.17, 15) is 4.39 Å². The van der Waals surface area contributed by atoms with Gasteiger partial charge < -0.3 is 0 Å². The van der Waals surface area contributed by atoms with Gasteiger partial charge in [0.2, 0.25) is 0 Å². The minimum atomic E-state index is -0.306. The molecule has 0 aliphatic carbocycles. The monoisotopic (exact) mass is 292 g/mol. The van der Waals surface area contributed by atoms with E-state index in [1.54, 1.807) is 6.07 Å². The highest BCUT2D eigenvalue weighted by Crippen LogP contribution is 2.26. The first-order valence-corrected chi connectivity index (χ1v) is 6.94. The minimum absolute atomic E-state index is 0.167. The molecule has 3 N–H and O–H groups in total. The lowest BCUT2D eigenvalue weighted by atomic mass is 9.99. The highest BCUT2D eigenvalue weighted by Gasteiger charge is 2.14. The fraction of sp³-hybridized carbons (Fsp3) is 0.250. The molecule has 106 valence electrons. The predicted molar refractivity (Wildman–Crippen MR) is 81.0 cm³/mol. The van der Waals surface area contributed by atoms with E-state index in [2.05, 4.69) is 36.6 Å². The second-order valence-electron chi connectivity index (χ2n) is 4.91. The topological polar surface area (TPSA) is 38.0 Å². The number of nitrogens with two attached hydrogens (primary N) is 1. The Bertz CT molecular complexity index is 569. The summed E-state index contributed by atoms with van der Waals surface area (Å²) in [6, 6.07) is 12.5. The first-order chi connectivity index (χ1) is 9.60. The largest absolute Gasteiger partial charge is 0.271 e. The zero-order valence-electron chi connectivity index (χ0n) is 11.4. The lowest BCUT2D eigenvalue weighted by Gasteiger charge is -2.18. The molecule has 0 saturated heterocycles. The van der Waals surface area contributed by atoms with Crippen LogP contribution in [0.3, 0.4) is 0 Å². The number of rotatable bonds is 5. The molecule has 0 aliphatic heterocycles. The predicted octanol–water partition coefficient (Wildman–Crippen LogP) is 3.92. The first-order valence-electron chi connectivity index (χ1n) is 6.57. The molecule has 0 bridgehead atoms. The van der Waals surface area contributed by atoms with E-state index in [1.807, 2.05) is 0 Å². The quantitative estimate of drug-likeness (QED) is 0.647. The van der Waals surface area contributed by atoms with Crippen LogP contribution in [0.4, 0.5) is 4.39 Å². The van der Waals surface area contributed by atoms with Crippen molar-refractivity contribution in [3.05, 3.63) is 70.0 Å². The summed E-state index contributed by atoms with van der Waals surface area (Å²) >= 11 is 6.11. The van der Waals surface area contributed by atoms with Gasteiger partial charge in [-0.3, -0.25) is 11.3 Å². The zero-order valence-corrected chi connectivity index (χ0v) is 12.1. The molecule has 1 unspecified atom stereocenters. The van der Waals surface area contributed by atoms with E-state index in [0.717, 1.165) is 12.8 Å². The Hall–Kier alpha value is -1.42. The van der Waals surface area contributed by atoms with Crippen LogP contribution in [0, 0.1) is 12.7 Å². The second-order valence-corrected chi connectivity index (χ2v) is 5.32. The van der Waals surface area contributed by atoms with Crippen molar-refractivity contribution in [3.8, 4) is 0 Å². The average Bonchev–Trinajstić information content (AvgIpc) is 2.45. The number of hydrazine groups is 1. The first kappa shape index (κ1) is 15.0. The Morgan fingerprint density at radius 1 is 1.20 bits per heavy atom. The van der Waals surface area contributed by atoms with Gasteiger partial charge in [0.15, 0.2) is 0 Å². The molecule has 0 aliphatic rings. The summed E-state index contributed by atoms with van der Waals surface area (Å²) in [5.74, 6) is 5.28. The van der Waals surface area contributed by atoms with Crippen molar-refractivity contribution in [1.82, 2.24) is 5.43 Å². The van der Waals surface area contributed by atoms with Crippen LogP contribution >= 0.6 is 11.6 Å². The van der Waals surface area contributed by atoms with E-state index in [-0.39, 0.29) is 11.9 Å². The second kappa shape index (κ2) is 6.84. The molecule has 1 atom stereocenters. The normalized spacial score (nSPS) is 12.4. The Balaban J connectivity index is 2.09. The van der Waals surface area contributed by atoms with Crippen LogP contribution in [-0.4, -0.2) is 0 Å². The molecule has 20 heavy (non-hydrogen) atoms. The minimum Gasteiger partial charge on any atom is -0.271 e. The van der Waals surface area contributed by atoms with Gasteiger partial charge in [-0.2, -0.15) is 0 Å². The van der Waals surface area contributed by atoms with Gasteiger partial charge in [-0.25, -0.2) is 4.39 Å². The fourth-order valence-corrected chi connectivity index (χ4v) is 2.43. The van der Waals surface area contributed by atoms with Crippen LogP contribution in [0.1, 0.15) is 29.2 Å². The van der Waals surface area contributed by atoms with Crippen LogP contribution in [0.5, 0.6) is 0 Å². The molecule has 0 aromatic heterocycles. The lowest BCUT2D eigenvalue weighted by Crippen LogP contribution is -2.28. The smallest absolute Gasteiger partial charge is 0.123 e. The van der Waals surface area contributed by atoms with Crippen LogP contribution in [-0.2, 0) is 6.42 Å². The summed E-state index contributed by atoms with van der Waals surface area (Å²) in [5.41, 5.74) is 5.87. The van der Waals surface area contributed by atoms with Crippen molar-refractivity contribution < 1.29 is 4.39 Å². The summed E-state index contributed by atoms with van der Waals surface area (Å²) in [5, 5.41) is 0.526.